The minimum Gasteiger partial charge on any atom is -0.481 e. The topological polar surface area (TPSA) is 83.8 Å². The predicted molar refractivity (Wildman–Crippen MR) is 55.0 cm³/mol. The molecule has 0 saturated carbocycles. The summed E-state index contributed by atoms with van der Waals surface area (Å²) in [5, 5.41) is 16.3. The number of carboxylic acid groups (broad SMARTS) is 1. The van der Waals surface area contributed by atoms with E-state index >= 15 is 0 Å². The number of carboxylic acids is 1. The number of aliphatic hydroxyl groups excluding tert-OH is 1. The number of aliphatic carboxylic acids is 1. The Bertz CT molecular complexity index is 242. The predicted octanol–water partition coefficient (Wildman–Crippen LogP) is 1.09. The first-order valence-electron chi connectivity index (χ1n) is 4.18. The van der Waals surface area contributed by atoms with Crippen molar-refractivity contribution in [3.05, 3.63) is 24.8 Å². The molecule has 0 aromatic rings. The third-order valence-electron chi connectivity index (χ3n) is 0.945. The normalized spacial score (nSPS) is 10.3. The Morgan fingerprint density at radius 3 is 2.07 bits per heavy atom. The molecule has 5 heteroatoms. The minimum absolute atomic E-state index is 0.0556. The monoisotopic (exact) mass is 216 g/mol. The highest BCUT2D eigenvalue weighted by molar-refractivity contribution is 5.86. The molecule has 0 heterocycles. The summed E-state index contributed by atoms with van der Waals surface area (Å²) >= 11 is 0. The van der Waals surface area contributed by atoms with Crippen LogP contribution in [-0.4, -0.2) is 28.4 Å². The Morgan fingerprint density at radius 1 is 1.53 bits per heavy atom. The lowest BCUT2D eigenvalue weighted by atomic mass is 10.4. The van der Waals surface area contributed by atoms with E-state index in [1.165, 1.54) is 19.9 Å². The summed E-state index contributed by atoms with van der Waals surface area (Å²) in [6, 6.07) is 0. The molecule has 0 aliphatic rings. The van der Waals surface area contributed by atoms with Crippen LogP contribution in [-0.2, 0) is 14.3 Å². The molecular formula is C10H16O5. The SMILES string of the molecule is C=C(C)C(=O)OC(C)O.C=CCC(=O)O. The minimum atomic E-state index is -1.05. The van der Waals surface area contributed by atoms with Crippen LogP contribution < -0.4 is 0 Å². The lowest BCUT2D eigenvalue weighted by Gasteiger charge is -2.04. The maximum Gasteiger partial charge on any atom is 0.335 e. The zero-order valence-corrected chi connectivity index (χ0v) is 8.90. The number of hydrogen-bond acceptors (Lipinski definition) is 4. The van der Waals surface area contributed by atoms with E-state index in [-0.39, 0.29) is 12.0 Å². The summed E-state index contributed by atoms with van der Waals surface area (Å²) < 4.78 is 4.33. The number of aliphatic hydroxyl groups is 1. The van der Waals surface area contributed by atoms with Crippen molar-refractivity contribution in [2.75, 3.05) is 0 Å². The number of carbonyl (C=O) groups is 2. The second-order valence-corrected chi connectivity index (χ2v) is 2.67. The van der Waals surface area contributed by atoms with Crippen LogP contribution in [0.15, 0.2) is 24.8 Å². The second-order valence-electron chi connectivity index (χ2n) is 2.67. The maximum atomic E-state index is 10.5. The summed E-state index contributed by atoms with van der Waals surface area (Å²) in [7, 11) is 0. The molecule has 0 spiro atoms. The van der Waals surface area contributed by atoms with Crippen LogP contribution in [0.3, 0.4) is 0 Å². The molecule has 0 fully saturated rings. The molecule has 0 bridgehead atoms. The first kappa shape index (κ1) is 15.8. The number of hydrogen-bond donors (Lipinski definition) is 2. The molecule has 15 heavy (non-hydrogen) atoms. The molecule has 0 aromatic carbocycles. The average Bonchev–Trinajstić information content (AvgIpc) is 2.03. The highest BCUT2D eigenvalue weighted by Crippen LogP contribution is 1.94. The summed E-state index contributed by atoms with van der Waals surface area (Å²) in [5.74, 6) is -1.39. The third kappa shape index (κ3) is 15.2. The van der Waals surface area contributed by atoms with E-state index in [4.69, 9.17) is 10.2 Å². The fraction of sp³-hybridized carbons (Fsp3) is 0.400. The van der Waals surface area contributed by atoms with Crippen molar-refractivity contribution in [1.82, 2.24) is 0 Å². The molecular weight excluding hydrogens is 200 g/mol. The molecule has 0 aliphatic carbocycles. The molecule has 0 rings (SSSR count). The van der Waals surface area contributed by atoms with Crippen LogP contribution in [0, 0.1) is 0 Å². The lowest BCUT2D eigenvalue weighted by Crippen LogP contribution is -2.13. The van der Waals surface area contributed by atoms with Crippen molar-refractivity contribution in [2.45, 2.75) is 26.6 Å². The quantitative estimate of drug-likeness (QED) is 0.318. The van der Waals surface area contributed by atoms with Crippen molar-refractivity contribution in [3.8, 4) is 0 Å². The molecule has 2 N–H and O–H groups in total. The highest BCUT2D eigenvalue weighted by Gasteiger charge is 2.04. The van der Waals surface area contributed by atoms with Gasteiger partial charge in [0.2, 0.25) is 0 Å². The van der Waals surface area contributed by atoms with Crippen LogP contribution in [0.5, 0.6) is 0 Å². The van der Waals surface area contributed by atoms with Gasteiger partial charge in [0, 0.05) is 5.57 Å². The summed E-state index contributed by atoms with van der Waals surface area (Å²) in [6.07, 6.45) is 0.358. The molecule has 1 atom stereocenters. The molecule has 0 aliphatic heterocycles. The van der Waals surface area contributed by atoms with E-state index in [9.17, 15) is 9.59 Å². The van der Waals surface area contributed by atoms with Gasteiger partial charge in [0.15, 0.2) is 6.29 Å². The number of esters is 1. The van der Waals surface area contributed by atoms with Crippen molar-refractivity contribution >= 4 is 11.9 Å². The molecule has 0 saturated heterocycles. The molecule has 5 nitrogen and oxygen atoms in total. The van der Waals surface area contributed by atoms with Crippen molar-refractivity contribution in [1.29, 1.82) is 0 Å². The molecule has 0 aromatic heterocycles. The fourth-order valence-corrected chi connectivity index (χ4v) is 0.379. The first-order chi connectivity index (χ1) is 6.81. The molecule has 0 amide bonds. The van der Waals surface area contributed by atoms with Gasteiger partial charge in [-0.2, -0.15) is 0 Å². The Morgan fingerprint density at radius 2 is 2.00 bits per heavy atom. The van der Waals surface area contributed by atoms with Gasteiger partial charge in [-0.05, 0) is 13.8 Å². The third-order valence-corrected chi connectivity index (χ3v) is 0.945. The summed E-state index contributed by atoms with van der Waals surface area (Å²) in [6.45, 7) is 9.42. The van der Waals surface area contributed by atoms with Crippen LogP contribution in [0.4, 0.5) is 0 Å². The van der Waals surface area contributed by atoms with Gasteiger partial charge in [0.25, 0.3) is 0 Å². The smallest absolute Gasteiger partial charge is 0.335 e. The molecule has 86 valence electrons. The van der Waals surface area contributed by atoms with Crippen LogP contribution in [0.2, 0.25) is 0 Å². The second kappa shape index (κ2) is 8.96. The number of carbonyl (C=O) groups excluding carboxylic acids is 1. The highest BCUT2D eigenvalue weighted by atomic mass is 16.6. The zero-order chi connectivity index (χ0) is 12.4. The first-order valence-corrected chi connectivity index (χ1v) is 4.18. The largest absolute Gasteiger partial charge is 0.481 e. The van der Waals surface area contributed by atoms with Gasteiger partial charge in [-0.15, -0.1) is 6.58 Å². The fourth-order valence-electron chi connectivity index (χ4n) is 0.379. The van der Waals surface area contributed by atoms with Crippen molar-refractivity contribution in [3.63, 3.8) is 0 Å². The number of rotatable bonds is 4. The van der Waals surface area contributed by atoms with E-state index in [1.54, 1.807) is 0 Å². The van der Waals surface area contributed by atoms with Gasteiger partial charge in [0.1, 0.15) is 0 Å². The Kier molecular flexibility index (Phi) is 9.45. The van der Waals surface area contributed by atoms with Gasteiger partial charge < -0.3 is 14.9 Å². The van der Waals surface area contributed by atoms with Crippen LogP contribution >= 0.6 is 0 Å². The van der Waals surface area contributed by atoms with Gasteiger partial charge in [0.05, 0.1) is 6.42 Å². The van der Waals surface area contributed by atoms with E-state index in [1.807, 2.05) is 0 Å². The van der Waals surface area contributed by atoms with E-state index in [0.717, 1.165) is 0 Å². The van der Waals surface area contributed by atoms with Crippen molar-refractivity contribution < 1.29 is 24.5 Å². The van der Waals surface area contributed by atoms with E-state index < -0.39 is 18.2 Å². The van der Waals surface area contributed by atoms with Crippen molar-refractivity contribution in [2.24, 2.45) is 0 Å². The Hall–Kier alpha value is -1.62. The van der Waals surface area contributed by atoms with Gasteiger partial charge in [-0.1, -0.05) is 12.7 Å². The van der Waals surface area contributed by atoms with Crippen LogP contribution in [0.1, 0.15) is 20.3 Å². The molecule has 1 unspecified atom stereocenters. The number of ether oxygens (including phenoxy) is 1. The van der Waals surface area contributed by atoms with Crippen LogP contribution in [0.25, 0.3) is 0 Å². The maximum absolute atomic E-state index is 10.5. The van der Waals surface area contributed by atoms with E-state index in [0.29, 0.717) is 0 Å². The van der Waals surface area contributed by atoms with Gasteiger partial charge in [-0.3, -0.25) is 4.79 Å². The van der Waals surface area contributed by atoms with Gasteiger partial charge in [-0.25, -0.2) is 4.79 Å². The molecule has 0 radical (unpaired) electrons. The Labute approximate surface area is 88.7 Å². The summed E-state index contributed by atoms with van der Waals surface area (Å²) in [5.41, 5.74) is 0.288. The Balaban J connectivity index is 0. The lowest BCUT2D eigenvalue weighted by molar-refractivity contribution is -0.159. The van der Waals surface area contributed by atoms with Gasteiger partial charge >= 0.3 is 11.9 Å². The average molecular weight is 216 g/mol. The summed E-state index contributed by atoms with van der Waals surface area (Å²) in [4.78, 5) is 20.0. The zero-order valence-electron chi connectivity index (χ0n) is 8.90. The standard InChI is InChI=1S/C6H10O3.C4H6O2/c1-4(2)6(8)9-5(3)7;1-2-3-4(5)6/h5,7H,1H2,2-3H3;2H,1,3H2,(H,5,6). The van der Waals surface area contributed by atoms with E-state index in [2.05, 4.69) is 17.9 Å².